The van der Waals surface area contributed by atoms with Crippen molar-refractivity contribution >= 4 is 12.4 Å². The molecule has 0 bridgehead atoms. The van der Waals surface area contributed by atoms with E-state index < -0.39 is 12.8 Å². The van der Waals surface area contributed by atoms with Crippen molar-refractivity contribution in [1.29, 1.82) is 0 Å². The molecule has 5 rings (SSSR count). The Morgan fingerprint density at radius 3 is 2.74 bits per heavy atom. The van der Waals surface area contributed by atoms with Crippen LogP contribution in [-0.4, -0.2) is 38.3 Å². The molecule has 2 saturated carbocycles. The number of ether oxygens (including phenoxy) is 2. The summed E-state index contributed by atoms with van der Waals surface area (Å²) in [6, 6.07) is 0. The van der Waals surface area contributed by atoms with Gasteiger partial charge in [-0.1, -0.05) is 50.1 Å². The van der Waals surface area contributed by atoms with Crippen LogP contribution >= 0.6 is 0 Å². The van der Waals surface area contributed by atoms with Crippen molar-refractivity contribution in [3.05, 3.63) is 35.5 Å². The first-order valence-corrected chi connectivity index (χ1v) is 13.3. The molecule has 0 spiro atoms. The quantitative estimate of drug-likeness (QED) is 0.321. The number of nitrogens with zero attached hydrogens (tertiary/aromatic N) is 1. The number of hydrogen-bond donors (Lipinski definition) is 0. The van der Waals surface area contributed by atoms with Gasteiger partial charge in [-0.3, -0.25) is 4.99 Å². The van der Waals surface area contributed by atoms with E-state index in [1.54, 1.807) is 5.57 Å². The summed E-state index contributed by atoms with van der Waals surface area (Å²) in [5.74, 6) is 1.83. The van der Waals surface area contributed by atoms with Gasteiger partial charge in [-0.15, -0.1) is 0 Å². The SMILES string of the molecule is CC[C@]12CC[C@]3(C)C(C4C=CC=NC4)=CC[C@H]3C1CC=C1C[C@@H](OC(=O)OCCF)CC[C@@]12C. The van der Waals surface area contributed by atoms with Gasteiger partial charge in [0.1, 0.15) is 19.4 Å². The first-order chi connectivity index (χ1) is 16.4. The van der Waals surface area contributed by atoms with E-state index in [9.17, 15) is 9.18 Å². The van der Waals surface area contributed by atoms with Gasteiger partial charge in [0.2, 0.25) is 0 Å². The second-order valence-electron chi connectivity index (χ2n) is 11.6. The first-order valence-electron chi connectivity index (χ1n) is 13.3. The monoisotopic (exact) mass is 469 g/mol. The molecule has 0 radical (unpaired) electrons. The summed E-state index contributed by atoms with van der Waals surface area (Å²) in [7, 11) is 0. The van der Waals surface area contributed by atoms with E-state index in [-0.39, 0.29) is 23.5 Å². The summed E-state index contributed by atoms with van der Waals surface area (Å²) in [5, 5.41) is 0. The van der Waals surface area contributed by atoms with E-state index in [4.69, 9.17) is 9.47 Å². The van der Waals surface area contributed by atoms with E-state index >= 15 is 0 Å². The fourth-order valence-electron chi connectivity index (χ4n) is 8.84. The third-order valence-electron chi connectivity index (χ3n) is 10.6. The molecule has 5 aliphatic rings. The molecule has 2 fully saturated rings. The predicted octanol–water partition coefficient (Wildman–Crippen LogP) is 7.01. The second-order valence-corrected chi connectivity index (χ2v) is 11.6. The molecular weight excluding hydrogens is 429 g/mol. The largest absolute Gasteiger partial charge is 0.508 e. The lowest BCUT2D eigenvalue weighted by Gasteiger charge is -2.65. The van der Waals surface area contributed by atoms with E-state index in [1.807, 2.05) is 6.21 Å². The molecule has 0 aromatic rings. The van der Waals surface area contributed by atoms with Gasteiger partial charge in [0.25, 0.3) is 0 Å². The summed E-state index contributed by atoms with van der Waals surface area (Å²) in [5.41, 5.74) is 3.82. The topological polar surface area (TPSA) is 47.9 Å². The number of allylic oxidation sites excluding steroid dienone is 3. The molecule has 5 heteroatoms. The molecule has 0 N–H and O–H groups in total. The smallest absolute Gasteiger partial charge is 0.432 e. The van der Waals surface area contributed by atoms with Crippen LogP contribution in [0.2, 0.25) is 0 Å². The molecule has 34 heavy (non-hydrogen) atoms. The molecule has 0 saturated heterocycles. The van der Waals surface area contributed by atoms with Gasteiger partial charge in [-0.25, -0.2) is 9.18 Å². The van der Waals surface area contributed by atoms with Gasteiger partial charge in [0.05, 0.1) is 0 Å². The highest BCUT2D eigenvalue weighted by molar-refractivity contribution is 5.72. The third kappa shape index (κ3) is 3.52. The van der Waals surface area contributed by atoms with Gasteiger partial charge >= 0.3 is 6.16 Å². The van der Waals surface area contributed by atoms with Crippen LogP contribution in [0.3, 0.4) is 0 Å². The summed E-state index contributed by atoms with van der Waals surface area (Å²) in [6.45, 7) is 7.43. The lowest BCUT2D eigenvalue weighted by atomic mass is 9.39. The minimum absolute atomic E-state index is 0.145. The van der Waals surface area contributed by atoms with Crippen molar-refractivity contribution in [1.82, 2.24) is 0 Å². The Morgan fingerprint density at radius 1 is 1.18 bits per heavy atom. The van der Waals surface area contributed by atoms with Gasteiger partial charge in [-0.05, 0) is 79.1 Å². The molecule has 4 nitrogen and oxygen atoms in total. The Balaban J connectivity index is 1.37. The molecule has 186 valence electrons. The first kappa shape index (κ1) is 23.8. The van der Waals surface area contributed by atoms with E-state index in [0.717, 1.165) is 32.2 Å². The molecule has 4 aliphatic carbocycles. The molecular formula is C29H40FNO3. The zero-order valence-corrected chi connectivity index (χ0v) is 21.0. The highest BCUT2D eigenvalue weighted by Crippen LogP contribution is 2.72. The van der Waals surface area contributed by atoms with Crippen molar-refractivity contribution in [2.75, 3.05) is 19.8 Å². The summed E-state index contributed by atoms with van der Waals surface area (Å²) < 4.78 is 22.7. The van der Waals surface area contributed by atoms with E-state index in [0.29, 0.717) is 23.2 Å². The van der Waals surface area contributed by atoms with Crippen molar-refractivity contribution in [3.63, 3.8) is 0 Å². The molecule has 0 aromatic carbocycles. The summed E-state index contributed by atoms with van der Waals surface area (Å²) in [4.78, 5) is 16.5. The average Bonchev–Trinajstić information content (AvgIpc) is 3.20. The second kappa shape index (κ2) is 8.95. The van der Waals surface area contributed by atoms with Crippen molar-refractivity contribution in [2.24, 2.45) is 39.0 Å². The lowest BCUT2D eigenvalue weighted by molar-refractivity contribution is -0.118. The molecule has 0 aromatic heterocycles. The van der Waals surface area contributed by atoms with Crippen LogP contribution in [0.1, 0.15) is 72.1 Å². The number of carbonyl (C=O) groups excluding carboxylic acids is 1. The molecule has 7 atom stereocenters. The maximum absolute atomic E-state index is 12.3. The standard InChI is InChI=1S/C29H40FNO3/c1-4-29-14-13-27(2)23(20-6-5-16-31-19-20)9-10-24(27)25(29)8-7-21-18-22(11-12-28(21,29)3)34-26(32)33-17-15-30/h5-7,9,16,20,22,24-25H,4,8,10-15,17-19H2,1-3H3/t20?,22-,24-,25?,27+,28-,29-/m0/s1. The van der Waals surface area contributed by atoms with Crippen LogP contribution in [0.15, 0.2) is 40.4 Å². The Labute approximate surface area is 203 Å². The van der Waals surface area contributed by atoms with Crippen LogP contribution in [-0.2, 0) is 9.47 Å². The van der Waals surface area contributed by atoms with Crippen LogP contribution in [0.25, 0.3) is 0 Å². The number of carbonyl (C=O) groups is 1. The Hall–Kier alpha value is -1.91. The molecule has 1 aliphatic heterocycles. The maximum Gasteiger partial charge on any atom is 0.508 e. The zero-order chi connectivity index (χ0) is 24.0. The van der Waals surface area contributed by atoms with Gasteiger partial charge in [0, 0.05) is 25.1 Å². The average molecular weight is 470 g/mol. The Kier molecular flexibility index (Phi) is 6.27. The minimum Gasteiger partial charge on any atom is -0.432 e. The summed E-state index contributed by atoms with van der Waals surface area (Å²) >= 11 is 0. The lowest BCUT2D eigenvalue weighted by Crippen LogP contribution is -2.58. The highest BCUT2D eigenvalue weighted by atomic mass is 19.1. The number of hydrogen-bond acceptors (Lipinski definition) is 4. The fourth-order valence-corrected chi connectivity index (χ4v) is 8.84. The van der Waals surface area contributed by atoms with Gasteiger partial charge in [0.15, 0.2) is 0 Å². The van der Waals surface area contributed by atoms with E-state index in [2.05, 4.69) is 50.1 Å². The number of dihydropyridines is 1. The Bertz CT molecular complexity index is 938. The van der Waals surface area contributed by atoms with Crippen LogP contribution in [0.4, 0.5) is 9.18 Å². The number of fused-ring (bicyclic) bond motifs is 5. The molecule has 1 heterocycles. The third-order valence-corrected chi connectivity index (χ3v) is 10.6. The normalized spacial score (nSPS) is 42.7. The molecule has 2 unspecified atom stereocenters. The molecule has 0 amide bonds. The summed E-state index contributed by atoms with van der Waals surface area (Å²) in [6.07, 6.45) is 19.3. The highest BCUT2D eigenvalue weighted by Gasteiger charge is 2.64. The van der Waals surface area contributed by atoms with Crippen LogP contribution < -0.4 is 0 Å². The van der Waals surface area contributed by atoms with Crippen molar-refractivity contribution in [2.45, 2.75) is 78.2 Å². The Morgan fingerprint density at radius 2 is 2.00 bits per heavy atom. The van der Waals surface area contributed by atoms with Crippen LogP contribution in [0.5, 0.6) is 0 Å². The fraction of sp³-hybridized carbons (Fsp3) is 0.724. The van der Waals surface area contributed by atoms with E-state index in [1.165, 1.54) is 31.3 Å². The van der Waals surface area contributed by atoms with Crippen molar-refractivity contribution in [3.8, 4) is 0 Å². The van der Waals surface area contributed by atoms with Gasteiger partial charge in [-0.2, -0.15) is 0 Å². The maximum atomic E-state index is 12.3. The predicted molar refractivity (Wildman–Crippen MR) is 133 cm³/mol. The number of aliphatic imine (C=N–C) groups is 1. The number of alkyl halides is 1. The van der Waals surface area contributed by atoms with Crippen LogP contribution in [0, 0.1) is 34.0 Å². The zero-order valence-electron chi connectivity index (χ0n) is 21.0. The van der Waals surface area contributed by atoms with Gasteiger partial charge < -0.3 is 9.47 Å². The minimum atomic E-state index is -0.732. The van der Waals surface area contributed by atoms with Crippen molar-refractivity contribution < 1.29 is 18.7 Å². The number of halogens is 1. The number of rotatable bonds is 5.